The number of aryl methyl sites for hydroxylation is 1. The van der Waals surface area contributed by atoms with Gasteiger partial charge in [-0.3, -0.25) is 0 Å². The zero-order valence-corrected chi connectivity index (χ0v) is 12.1. The highest BCUT2D eigenvalue weighted by Gasteiger charge is 2.04. The van der Waals surface area contributed by atoms with Crippen molar-refractivity contribution in [2.75, 3.05) is 11.1 Å². The van der Waals surface area contributed by atoms with Crippen LogP contribution in [0, 0.1) is 6.92 Å². The predicted molar refractivity (Wildman–Crippen MR) is 81.3 cm³/mol. The maximum Gasteiger partial charge on any atom is 0.136 e. The van der Waals surface area contributed by atoms with Crippen LogP contribution in [0.1, 0.15) is 26.1 Å². The number of nitrogen functional groups attached to an aromatic ring is 1. The first-order valence-electron chi connectivity index (χ1n) is 6.71. The molecule has 1 aromatic carbocycles. The summed E-state index contributed by atoms with van der Waals surface area (Å²) in [6.45, 7) is 5.96. The van der Waals surface area contributed by atoms with E-state index in [0.29, 0.717) is 17.5 Å². The van der Waals surface area contributed by atoms with Gasteiger partial charge in [0.25, 0.3) is 0 Å². The number of hydrogen-bond donors (Lipinski definition) is 2. The molecule has 2 rings (SSSR count). The minimum Gasteiger partial charge on any atom is -0.491 e. The molecule has 0 saturated heterocycles. The molecule has 0 aliphatic heterocycles. The van der Waals surface area contributed by atoms with E-state index in [-0.39, 0.29) is 6.10 Å². The van der Waals surface area contributed by atoms with Gasteiger partial charge in [-0.05, 0) is 32.4 Å². The average Bonchev–Trinajstić information content (AvgIpc) is 2.37. The van der Waals surface area contributed by atoms with Crippen LogP contribution >= 0.6 is 0 Å². The van der Waals surface area contributed by atoms with Crippen molar-refractivity contribution in [1.82, 2.24) is 9.97 Å². The molecule has 106 valence electrons. The third kappa shape index (κ3) is 3.85. The molecule has 0 amide bonds. The first-order chi connectivity index (χ1) is 9.56. The van der Waals surface area contributed by atoms with E-state index in [1.807, 2.05) is 31.2 Å². The third-order valence-electron chi connectivity index (χ3n) is 2.88. The van der Waals surface area contributed by atoms with Gasteiger partial charge in [0.05, 0.1) is 6.10 Å². The van der Waals surface area contributed by atoms with Crippen molar-refractivity contribution in [3.63, 3.8) is 0 Å². The highest BCUT2D eigenvalue weighted by Crippen LogP contribution is 2.22. The monoisotopic (exact) mass is 272 g/mol. The number of nitrogens with zero attached hydrogens (tertiary/aromatic N) is 2. The van der Waals surface area contributed by atoms with Gasteiger partial charge in [-0.25, -0.2) is 9.97 Å². The Kier molecular flexibility index (Phi) is 4.40. The van der Waals surface area contributed by atoms with Gasteiger partial charge < -0.3 is 15.8 Å². The van der Waals surface area contributed by atoms with Crippen molar-refractivity contribution < 1.29 is 4.74 Å². The second-order valence-electron chi connectivity index (χ2n) is 4.71. The Morgan fingerprint density at radius 1 is 1.30 bits per heavy atom. The van der Waals surface area contributed by atoms with Crippen LogP contribution in [0.2, 0.25) is 0 Å². The molecule has 0 saturated carbocycles. The van der Waals surface area contributed by atoms with E-state index >= 15 is 0 Å². The van der Waals surface area contributed by atoms with Crippen molar-refractivity contribution in [3.05, 3.63) is 36.2 Å². The number of rotatable bonds is 5. The third-order valence-corrected chi connectivity index (χ3v) is 2.88. The molecule has 1 heterocycles. The maximum atomic E-state index is 5.79. The van der Waals surface area contributed by atoms with Gasteiger partial charge in [0.2, 0.25) is 0 Å². The Hall–Kier alpha value is -2.30. The molecule has 0 fully saturated rings. The van der Waals surface area contributed by atoms with Crippen LogP contribution in [0.3, 0.4) is 0 Å². The second-order valence-corrected chi connectivity index (χ2v) is 4.71. The molecule has 1 unspecified atom stereocenters. The van der Waals surface area contributed by atoms with Crippen LogP contribution in [-0.2, 0) is 0 Å². The fraction of sp³-hybridized carbons (Fsp3) is 0.333. The standard InChI is InChI=1S/C15H20N4O/c1-4-10(2)20-13-7-5-6-12(8-13)19-15-9-14(16)17-11(3)18-15/h5-10H,4H2,1-3H3,(H3,16,17,18,19). The zero-order valence-electron chi connectivity index (χ0n) is 12.1. The lowest BCUT2D eigenvalue weighted by molar-refractivity contribution is 0.217. The molecule has 5 nitrogen and oxygen atoms in total. The molecule has 3 N–H and O–H groups in total. The van der Waals surface area contributed by atoms with Crippen LogP contribution < -0.4 is 15.8 Å². The number of anilines is 3. The fourth-order valence-corrected chi connectivity index (χ4v) is 1.77. The summed E-state index contributed by atoms with van der Waals surface area (Å²) in [5, 5.41) is 3.21. The largest absolute Gasteiger partial charge is 0.491 e. The molecule has 0 spiro atoms. The summed E-state index contributed by atoms with van der Waals surface area (Å²) >= 11 is 0. The van der Waals surface area contributed by atoms with Crippen LogP contribution in [0.5, 0.6) is 5.75 Å². The number of ether oxygens (including phenoxy) is 1. The summed E-state index contributed by atoms with van der Waals surface area (Å²) in [4.78, 5) is 8.34. The second kappa shape index (κ2) is 6.23. The van der Waals surface area contributed by atoms with Gasteiger partial charge in [-0.1, -0.05) is 13.0 Å². The van der Waals surface area contributed by atoms with Crippen LogP contribution in [0.4, 0.5) is 17.3 Å². The van der Waals surface area contributed by atoms with E-state index in [9.17, 15) is 0 Å². The van der Waals surface area contributed by atoms with Crippen molar-refractivity contribution in [1.29, 1.82) is 0 Å². The number of hydrogen-bond acceptors (Lipinski definition) is 5. The number of nitrogens with one attached hydrogen (secondary N) is 1. The first kappa shape index (κ1) is 14.1. The van der Waals surface area contributed by atoms with Gasteiger partial charge in [-0.2, -0.15) is 0 Å². The average molecular weight is 272 g/mol. The Morgan fingerprint density at radius 3 is 2.80 bits per heavy atom. The van der Waals surface area contributed by atoms with Crippen LogP contribution in [0.25, 0.3) is 0 Å². The van der Waals surface area contributed by atoms with E-state index in [4.69, 9.17) is 10.5 Å². The minimum atomic E-state index is 0.196. The quantitative estimate of drug-likeness (QED) is 0.873. The minimum absolute atomic E-state index is 0.196. The summed E-state index contributed by atoms with van der Waals surface area (Å²) < 4.78 is 5.79. The van der Waals surface area contributed by atoms with Crippen LogP contribution in [-0.4, -0.2) is 16.1 Å². The Labute approximate surface area is 119 Å². The van der Waals surface area contributed by atoms with E-state index < -0.39 is 0 Å². The smallest absolute Gasteiger partial charge is 0.136 e. The van der Waals surface area contributed by atoms with E-state index in [1.165, 1.54) is 0 Å². The van der Waals surface area contributed by atoms with Crippen molar-refractivity contribution in [2.45, 2.75) is 33.3 Å². The summed E-state index contributed by atoms with van der Waals surface area (Å²) in [6, 6.07) is 9.49. The topological polar surface area (TPSA) is 73.1 Å². The van der Waals surface area contributed by atoms with Crippen molar-refractivity contribution >= 4 is 17.3 Å². The van der Waals surface area contributed by atoms with Crippen molar-refractivity contribution in [3.8, 4) is 5.75 Å². The van der Waals surface area contributed by atoms with E-state index in [1.54, 1.807) is 6.07 Å². The summed E-state index contributed by atoms with van der Waals surface area (Å²) in [5.74, 6) is 2.60. The number of aromatic nitrogens is 2. The Balaban J connectivity index is 2.15. The Morgan fingerprint density at radius 2 is 2.10 bits per heavy atom. The van der Waals surface area contributed by atoms with E-state index in [2.05, 4.69) is 29.1 Å². The molecule has 1 aromatic heterocycles. The summed E-state index contributed by atoms with van der Waals surface area (Å²) in [6.07, 6.45) is 1.17. The van der Waals surface area contributed by atoms with Gasteiger partial charge in [0.1, 0.15) is 23.2 Å². The first-order valence-corrected chi connectivity index (χ1v) is 6.71. The number of nitrogens with two attached hydrogens (primary N) is 1. The van der Waals surface area contributed by atoms with Gasteiger partial charge in [0, 0.05) is 17.8 Å². The normalized spacial score (nSPS) is 11.9. The lowest BCUT2D eigenvalue weighted by atomic mass is 10.2. The molecular weight excluding hydrogens is 252 g/mol. The molecule has 0 radical (unpaired) electrons. The fourth-order valence-electron chi connectivity index (χ4n) is 1.77. The molecule has 0 aliphatic carbocycles. The van der Waals surface area contributed by atoms with Crippen molar-refractivity contribution in [2.24, 2.45) is 0 Å². The summed E-state index contributed by atoms with van der Waals surface area (Å²) in [5.41, 5.74) is 6.62. The van der Waals surface area contributed by atoms with Gasteiger partial charge in [0.15, 0.2) is 0 Å². The molecule has 0 aliphatic rings. The molecule has 1 atom stereocenters. The van der Waals surface area contributed by atoms with E-state index in [0.717, 1.165) is 17.9 Å². The predicted octanol–water partition coefficient (Wildman–Crippen LogP) is 3.29. The summed E-state index contributed by atoms with van der Waals surface area (Å²) in [7, 11) is 0. The maximum absolute atomic E-state index is 5.79. The van der Waals surface area contributed by atoms with Gasteiger partial charge >= 0.3 is 0 Å². The molecule has 5 heteroatoms. The lowest BCUT2D eigenvalue weighted by Gasteiger charge is -2.14. The molecule has 20 heavy (non-hydrogen) atoms. The SMILES string of the molecule is CCC(C)Oc1cccc(Nc2cc(N)nc(C)n2)c1. The molecule has 0 bridgehead atoms. The van der Waals surface area contributed by atoms with Gasteiger partial charge in [-0.15, -0.1) is 0 Å². The zero-order chi connectivity index (χ0) is 14.5. The van der Waals surface area contributed by atoms with Crippen LogP contribution in [0.15, 0.2) is 30.3 Å². The molecular formula is C15H20N4O. The number of benzene rings is 1. The highest BCUT2D eigenvalue weighted by atomic mass is 16.5. The highest BCUT2D eigenvalue weighted by molar-refractivity contribution is 5.60. The lowest BCUT2D eigenvalue weighted by Crippen LogP contribution is -2.09. The molecule has 2 aromatic rings. The Bertz CT molecular complexity index is 566.